The van der Waals surface area contributed by atoms with Crippen LogP contribution in [0, 0.1) is 0 Å². The van der Waals surface area contributed by atoms with Crippen molar-refractivity contribution in [2.75, 3.05) is 27.3 Å². The van der Waals surface area contributed by atoms with E-state index in [2.05, 4.69) is 29.5 Å². The van der Waals surface area contributed by atoms with Crippen LogP contribution in [-0.2, 0) is 0 Å². The van der Waals surface area contributed by atoms with Crippen molar-refractivity contribution in [1.29, 1.82) is 0 Å². The molecule has 0 saturated carbocycles. The lowest BCUT2D eigenvalue weighted by Gasteiger charge is -2.18. The molecule has 0 bridgehead atoms. The summed E-state index contributed by atoms with van der Waals surface area (Å²) in [6, 6.07) is 5.75. The predicted molar refractivity (Wildman–Crippen MR) is 123 cm³/mol. The van der Waals surface area contributed by atoms with Gasteiger partial charge in [0, 0.05) is 12.6 Å². The van der Waals surface area contributed by atoms with Crippen LogP contribution in [0.3, 0.4) is 0 Å². The third-order valence-corrected chi connectivity index (χ3v) is 4.18. The zero-order valence-corrected chi connectivity index (χ0v) is 19.6. The van der Waals surface area contributed by atoms with Gasteiger partial charge in [0.05, 0.1) is 26.9 Å². The SMILES string of the molecule is CCCCCC(C)NC(=NCC(O)c1ccc(OC)c(OC)c1)NCC.I. The van der Waals surface area contributed by atoms with Crippen LogP contribution in [0.15, 0.2) is 23.2 Å². The van der Waals surface area contributed by atoms with E-state index in [-0.39, 0.29) is 30.5 Å². The molecule has 1 rings (SSSR count). The van der Waals surface area contributed by atoms with E-state index < -0.39 is 6.10 Å². The molecule has 0 aliphatic carbocycles. The van der Waals surface area contributed by atoms with Gasteiger partial charge in [0.15, 0.2) is 17.5 Å². The number of guanidine groups is 1. The van der Waals surface area contributed by atoms with E-state index >= 15 is 0 Å². The maximum atomic E-state index is 10.5. The summed E-state index contributed by atoms with van der Waals surface area (Å²) < 4.78 is 10.5. The van der Waals surface area contributed by atoms with Gasteiger partial charge in [-0.1, -0.05) is 32.3 Å². The third kappa shape index (κ3) is 9.51. The molecule has 2 atom stereocenters. The number of ether oxygens (including phenoxy) is 2. The third-order valence-electron chi connectivity index (χ3n) is 4.18. The number of aliphatic hydroxyl groups is 1. The van der Waals surface area contributed by atoms with Gasteiger partial charge in [-0.05, 0) is 38.0 Å². The number of aliphatic imine (C=N–C) groups is 1. The molecule has 0 radical (unpaired) electrons. The summed E-state index contributed by atoms with van der Waals surface area (Å²) in [5.74, 6) is 1.97. The predicted octanol–water partition coefficient (Wildman–Crippen LogP) is 3.88. The van der Waals surface area contributed by atoms with Gasteiger partial charge in [-0.2, -0.15) is 0 Å². The highest BCUT2D eigenvalue weighted by Crippen LogP contribution is 2.30. The first kappa shape index (κ1) is 25.8. The molecule has 27 heavy (non-hydrogen) atoms. The molecule has 1 aromatic rings. The van der Waals surface area contributed by atoms with E-state index in [1.807, 2.05) is 13.0 Å². The first-order valence-electron chi connectivity index (χ1n) is 9.50. The van der Waals surface area contributed by atoms with Crippen LogP contribution in [-0.4, -0.2) is 44.4 Å². The molecule has 0 fully saturated rings. The molecular formula is C20H36IN3O3. The van der Waals surface area contributed by atoms with Gasteiger partial charge in [0.2, 0.25) is 0 Å². The summed E-state index contributed by atoms with van der Waals surface area (Å²) in [6.07, 6.45) is 4.07. The molecule has 0 aromatic heterocycles. The summed E-state index contributed by atoms with van der Waals surface area (Å²) in [4.78, 5) is 4.53. The van der Waals surface area contributed by atoms with E-state index in [0.29, 0.717) is 17.5 Å². The normalized spacial score (nSPS) is 13.3. The highest BCUT2D eigenvalue weighted by atomic mass is 127. The summed E-state index contributed by atoms with van der Waals surface area (Å²) in [5.41, 5.74) is 0.748. The Labute approximate surface area is 181 Å². The van der Waals surface area contributed by atoms with E-state index in [1.54, 1.807) is 26.4 Å². The first-order valence-corrected chi connectivity index (χ1v) is 9.50. The van der Waals surface area contributed by atoms with Crippen molar-refractivity contribution in [3.05, 3.63) is 23.8 Å². The number of nitrogens with zero attached hydrogens (tertiary/aromatic N) is 1. The minimum atomic E-state index is -0.708. The van der Waals surface area contributed by atoms with Crippen LogP contribution in [0.25, 0.3) is 0 Å². The molecule has 0 saturated heterocycles. The molecule has 0 aliphatic heterocycles. The number of nitrogens with one attached hydrogen (secondary N) is 2. The lowest BCUT2D eigenvalue weighted by Crippen LogP contribution is -2.42. The molecule has 2 unspecified atom stereocenters. The van der Waals surface area contributed by atoms with Gasteiger partial charge >= 0.3 is 0 Å². The fraction of sp³-hybridized carbons (Fsp3) is 0.650. The number of methoxy groups -OCH3 is 2. The van der Waals surface area contributed by atoms with Crippen LogP contribution in [0.1, 0.15) is 58.1 Å². The Morgan fingerprint density at radius 2 is 1.85 bits per heavy atom. The van der Waals surface area contributed by atoms with Crippen molar-refractivity contribution in [3.8, 4) is 11.5 Å². The number of aliphatic hydroxyl groups excluding tert-OH is 1. The average Bonchev–Trinajstić information content (AvgIpc) is 2.65. The highest BCUT2D eigenvalue weighted by molar-refractivity contribution is 14.0. The number of unbranched alkanes of at least 4 members (excludes halogenated alkanes) is 2. The quantitative estimate of drug-likeness (QED) is 0.189. The number of halogens is 1. The monoisotopic (exact) mass is 493 g/mol. The van der Waals surface area contributed by atoms with Crippen molar-refractivity contribution in [2.24, 2.45) is 4.99 Å². The lowest BCUT2D eigenvalue weighted by molar-refractivity contribution is 0.186. The van der Waals surface area contributed by atoms with Gasteiger partial charge in [0.25, 0.3) is 0 Å². The Bertz CT molecular complexity index is 555. The van der Waals surface area contributed by atoms with E-state index in [0.717, 1.165) is 24.5 Å². The van der Waals surface area contributed by atoms with Crippen molar-refractivity contribution in [2.45, 2.75) is 58.6 Å². The highest BCUT2D eigenvalue weighted by Gasteiger charge is 2.12. The van der Waals surface area contributed by atoms with Crippen LogP contribution in [0.2, 0.25) is 0 Å². The zero-order valence-electron chi connectivity index (χ0n) is 17.2. The van der Waals surface area contributed by atoms with E-state index in [4.69, 9.17) is 9.47 Å². The van der Waals surface area contributed by atoms with Crippen LogP contribution in [0.5, 0.6) is 11.5 Å². The van der Waals surface area contributed by atoms with Crippen molar-refractivity contribution >= 4 is 29.9 Å². The fourth-order valence-electron chi connectivity index (χ4n) is 2.67. The summed E-state index contributed by atoms with van der Waals surface area (Å²) >= 11 is 0. The maximum Gasteiger partial charge on any atom is 0.191 e. The van der Waals surface area contributed by atoms with Crippen molar-refractivity contribution in [3.63, 3.8) is 0 Å². The van der Waals surface area contributed by atoms with E-state index in [1.165, 1.54) is 19.3 Å². The Hall–Kier alpha value is -1.22. The summed E-state index contributed by atoms with van der Waals surface area (Å²) in [5, 5.41) is 17.1. The standard InChI is InChI=1S/C20H35N3O3.HI/c1-6-8-9-10-15(3)23-20(21-7-2)22-14-17(24)16-11-12-18(25-4)19(13-16)26-5;/h11-13,15,17,24H,6-10,14H2,1-5H3,(H2,21,22,23);1H. The van der Waals surface area contributed by atoms with Gasteiger partial charge in [0.1, 0.15) is 0 Å². The molecule has 3 N–H and O–H groups in total. The van der Waals surface area contributed by atoms with Crippen molar-refractivity contribution < 1.29 is 14.6 Å². The first-order chi connectivity index (χ1) is 12.5. The summed E-state index contributed by atoms with van der Waals surface area (Å²) in [6.45, 7) is 7.45. The van der Waals surface area contributed by atoms with Gasteiger partial charge in [-0.15, -0.1) is 24.0 Å². The zero-order chi connectivity index (χ0) is 19.4. The Morgan fingerprint density at radius 1 is 1.15 bits per heavy atom. The summed E-state index contributed by atoms with van der Waals surface area (Å²) in [7, 11) is 3.17. The smallest absolute Gasteiger partial charge is 0.191 e. The second kappa shape index (κ2) is 14.8. The van der Waals surface area contributed by atoms with Crippen molar-refractivity contribution in [1.82, 2.24) is 10.6 Å². The average molecular weight is 493 g/mol. The minimum absolute atomic E-state index is 0. The molecule has 7 heteroatoms. The van der Waals surface area contributed by atoms with Gasteiger partial charge < -0.3 is 25.2 Å². The Kier molecular flexibility index (Phi) is 14.1. The molecular weight excluding hydrogens is 457 g/mol. The van der Waals surface area contributed by atoms with Gasteiger partial charge in [-0.25, -0.2) is 0 Å². The number of rotatable bonds is 11. The van der Waals surface area contributed by atoms with Crippen LogP contribution in [0.4, 0.5) is 0 Å². The molecule has 0 spiro atoms. The number of benzene rings is 1. The number of hydrogen-bond donors (Lipinski definition) is 3. The Morgan fingerprint density at radius 3 is 2.44 bits per heavy atom. The largest absolute Gasteiger partial charge is 0.493 e. The second-order valence-electron chi connectivity index (χ2n) is 6.39. The maximum absolute atomic E-state index is 10.5. The molecule has 156 valence electrons. The van der Waals surface area contributed by atoms with E-state index in [9.17, 15) is 5.11 Å². The lowest BCUT2D eigenvalue weighted by atomic mass is 10.1. The number of hydrogen-bond acceptors (Lipinski definition) is 4. The Balaban J connectivity index is 0.00000676. The minimum Gasteiger partial charge on any atom is -0.493 e. The van der Waals surface area contributed by atoms with Gasteiger partial charge in [-0.3, -0.25) is 4.99 Å². The van der Waals surface area contributed by atoms with Crippen LogP contribution < -0.4 is 20.1 Å². The second-order valence-corrected chi connectivity index (χ2v) is 6.39. The fourth-order valence-corrected chi connectivity index (χ4v) is 2.67. The molecule has 0 aliphatic rings. The molecule has 0 heterocycles. The molecule has 0 amide bonds. The van der Waals surface area contributed by atoms with Crippen LogP contribution >= 0.6 is 24.0 Å². The molecule has 6 nitrogen and oxygen atoms in total. The molecule has 1 aromatic carbocycles. The topological polar surface area (TPSA) is 75.1 Å².